The first kappa shape index (κ1) is 26.3. The Kier molecular flexibility index (Phi) is 7.21. The van der Waals surface area contributed by atoms with E-state index >= 15 is 0 Å². The number of hydrogen-bond donors (Lipinski definition) is 1. The lowest BCUT2D eigenvalue weighted by Crippen LogP contribution is -2.52. The van der Waals surface area contributed by atoms with Crippen LogP contribution in [-0.4, -0.2) is 30.1 Å². The summed E-state index contributed by atoms with van der Waals surface area (Å²) in [7, 11) is -1.86. The fourth-order valence-electron chi connectivity index (χ4n) is 4.27. The Hall–Kier alpha value is -1.31. The molecular weight excluding hydrogens is 446 g/mol. The second-order valence-corrected chi connectivity index (χ2v) is 18.3. The van der Waals surface area contributed by atoms with Gasteiger partial charge < -0.3 is 9.16 Å². The van der Waals surface area contributed by atoms with Crippen LogP contribution in [0.3, 0.4) is 0 Å². The van der Waals surface area contributed by atoms with Crippen molar-refractivity contribution in [3.63, 3.8) is 0 Å². The summed E-state index contributed by atoms with van der Waals surface area (Å²) in [4.78, 5) is 0. The normalized spacial score (nSPS) is 26.8. The number of methoxy groups -OCH3 is 1. The van der Waals surface area contributed by atoms with E-state index < -0.39 is 35.4 Å². The third kappa shape index (κ3) is 4.78. The lowest BCUT2D eigenvalue weighted by atomic mass is 10.0. The summed E-state index contributed by atoms with van der Waals surface area (Å²) < 4.78 is 30.1. The molecule has 4 nitrogen and oxygen atoms in total. The van der Waals surface area contributed by atoms with Crippen LogP contribution >= 0.6 is 0 Å². The zero-order chi connectivity index (χ0) is 24.7. The molecule has 2 aromatic rings. The molecule has 1 saturated carbocycles. The Balaban J connectivity index is 2.20. The highest BCUT2D eigenvalue weighted by Crippen LogP contribution is 2.67. The van der Waals surface area contributed by atoms with E-state index in [1.807, 2.05) is 45.0 Å². The van der Waals surface area contributed by atoms with Crippen LogP contribution in [0.4, 0.5) is 0 Å². The summed E-state index contributed by atoms with van der Waals surface area (Å²) in [5.74, 6) is -0.0415. The van der Waals surface area contributed by atoms with Crippen molar-refractivity contribution in [3.05, 3.63) is 71.8 Å². The molecule has 0 saturated heterocycles. The quantitative estimate of drug-likeness (QED) is 0.358. The molecule has 0 amide bonds. The Bertz CT molecular complexity index is 968. The van der Waals surface area contributed by atoms with Crippen LogP contribution in [0.1, 0.15) is 52.7 Å². The zero-order valence-electron chi connectivity index (χ0n) is 21.7. The smallest absolute Gasteiger partial charge is 0.193 e. The van der Waals surface area contributed by atoms with E-state index in [0.29, 0.717) is 0 Å². The maximum atomic E-state index is 13.4. The Labute approximate surface area is 204 Å². The van der Waals surface area contributed by atoms with Crippen LogP contribution in [0.5, 0.6) is 0 Å². The van der Waals surface area contributed by atoms with Crippen molar-refractivity contribution < 1.29 is 13.4 Å². The molecule has 0 radical (unpaired) electrons. The van der Waals surface area contributed by atoms with Crippen molar-refractivity contribution in [1.82, 2.24) is 4.72 Å². The van der Waals surface area contributed by atoms with Crippen molar-refractivity contribution in [3.8, 4) is 0 Å². The summed E-state index contributed by atoms with van der Waals surface area (Å²) in [6.45, 7) is 17.2. The molecule has 6 heteroatoms. The molecule has 182 valence electrons. The van der Waals surface area contributed by atoms with E-state index in [-0.39, 0.29) is 11.0 Å². The van der Waals surface area contributed by atoms with Gasteiger partial charge in [-0.25, -0.2) is 8.93 Å². The Morgan fingerprint density at radius 1 is 0.939 bits per heavy atom. The van der Waals surface area contributed by atoms with Crippen LogP contribution in [0, 0.1) is 5.92 Å². The maximum absolute atomic E-state index is 13.4. The number of hydrogen-bond acceptors (Lipinski definition) is 3. The Morgan fingerprint density at radius 3 is 1.91 bits per heavy atom. The number of nitrogens with one attached hydrogen (secondary N) is 1. The third-order valence-electron chi connectivity index (χ3n) is 7.28. The van der Waals surface area contributed by atoms with Crippen molar-refractivity contribution in [2.75, 3.05) is 7.11 Å². The van der Waals surface area contributed by atoms with Gasteiger partial charge >= 0.3 is 0 Å². The minimum atomic E-state index is -2.24. The van der Waals surface area contributed by atoms with Crippen molar-refractivity contribution in [2.45, 2.75) is 82.2 Å². The molecule has 33 heavy (non-hydrogen) atoms. The molecule has 0 bridgehead atoms. The van der Waals surface area contributed by atoms with Gasteiger partial charge in [0.2, 0.25) is 0 Å². The molecule has 1 N–H and O–H groups in total. The average Bonchev–Trinajstić information content (AvgIpc) is 3.26. The molecule has 0 unspecified atom stereocenters. The second-order valence-electron chi connectivity index (χ2n) is 11.6. The first-order chi connectivity index (χ1) is 15.2. The summed E-state index contributed by atoms with van der Waals surface area (Å²) in [6.07, 6.45) is 0.756. The largest absolute Gasteiger partial charge is 0.403 e. The predicted octanol–water partition coefficient (Wildman–Crippen LogP) is 6.17. The highest BCUT2D eigenvalue weighted by atomic mass is 32.2. The molecule has 0 aliphatic heterocycles. The van der Waals surface area contributed by atoms with E-state index in [9.17, 15) is 4.21 Å². The van der Waals surface area contributed by atoms with E-state index in [2.05, 4.69) is 75.0 Å². The second kappa shape index (κ2) is 9.04. The summed E-state index contributed by atoms with van der Waals surface area (Å²) in [5, 5.41) is 0.0112. The van der Waals surface area contributed by atoms with Gasteiger partial charge in [-0.05, 0) is 56.5 Å². The predicted molar refractivity (Wildman–Crippen MR) is 141 cm³/mol. The summed E-state index contributed by atoms with van der Waals surface area (Å²) >= 11 is 0. The van der Waals surface area contributed by atoms with Gasteiger partial charge in [-0.2, -0.15) is 0 Å². The highest BCUT2D eigenvalue weighted by Gasteiger charge is 2.81. The number of benzene rings is 2. The molecular formula is C27H41NO3SSi. The topological polar surface area (TPSA) is 47.6 Å². The SMILES string of the molecule is CO[C@]1(N[S@@](=O)C(C)(C)C)[C@H](Cc2ccccc2)[C@]1(O[Si](C)(C)C(C)(C)C)c1ccccc1. The van der Waals surface area contributed by atoms with Crippen LogP contribution in [0.2, 0.25) is 18.1 Å². The molecule has 1 aliphatic carbocycles. The first-order valence-electron chi connectivity index (χ1n) is 11.8. The fourth-order valence-corrected chi connectivity index (χ4v) is 6.75. The lowest BCUT2D eigenvalue weighted by molar-refractivity contribution is -0.0151. The van der Waals surface area contributed by atoms with Crippen LogP contribution in [0.25, 0.3) is 0 Å². The standard InChI is InChI=1S/C27H41NO3SSi/c1-24(2,3)32(29)28-27(30-7)23(20-21-16-12-10-13-17-21)26(27,22-18-14-11-15-19-22)31-33(8,9)25(4,5)6/h10-19,23,28H,20H2,1-9H3/t23-,26-,27-,32+/m1/s1. The van der Waals surface area contributed by atoms with E-state index in [0.717, 1.165) is 12.0 Å². The molecule has 2 aromatic carbocycles. The van der Waals surface area contributed by atoms with Gasteiger partial charge in [0.25, 0.3) is 0 Å². The van der Waals surface area contributed by atoms with Gasteiger partial charge in [0.05, 0.1) is 15.7 Å². The fraction of sp³-hybridized carbons (Fsp3) is 0.556. The maximum Gasteiger partial charge on any atom is 0.193 e. The van der Waals surface area contributed by atoms with Crippen molar-refractivity contribution in [1.29, 1.82) is 0 Å². The van der Waals surface area contributed by atoms with Crippen molar-refractivity contribution >= 4 is 19.3 Å². The van der Waals surface area contributed by atoms with Gasteiger partial charge in [0, 0.05) is 13.0 Å². The minimum absolute atomic E-state index is 0.0112. The molecule has 0 heterocycles. The molecule has 3 rings (SSSR count). The molecule has 0 aromatic heterocycles. The molecule has 0 spiro atoms. The Morgan fingerprint density at radius 2 is 1.45 bits per heavy atom. The van der Waals surface area contributed by atoms with Gasteiger partial charge in [-0.15, -0.1) is 0 Å². The van der Waals surface area contributed by atoms with Gasteiger partial charge in [0.1, 0.15) is 5.60 Å². The van der Waals surface area contributed by atoms with E-state index in [1.54, 1.807) is 7.11 Å². The van der Waals surface area contributed by atoms with Crippen molar-refractivity contribution in [2.24, 2.45) is 5.92 Å². The summed E-state index contributed by atoms with van der Waals surface area (Å²) in [6, 6.07) is 20.8. The van der Waals surface area contributed by atoms with Crippen LogP contribution in [-0.2, 0) is 32.2 Å². The van der Waals surface area contributed by atoms with Crippen LogP contribution < -0.4 is 4.72 Å². The summed E-state index contributed by atoms with van der Waals surface area (Å²) in [5.41, 5.74) is 0.626. The highest BCUT2D eigenvalue weighted by molar-refractivity contribution is 7.84. The zero-order valence-corrected chi connectivity index (χ0v) is 23.5. The number of rotatable bonds is 8. The van der Waals surface area contributed by atoms with E-state index in [1.165, 1.54) is 5.56 Å². The minimum Gasteiger partial charge on any atom is -0.403 e. The molecule has 1 aliphatic rings. The number of ether oxygens (including phenoxy) is 1. The lowest BCUT2D eigenvalue weighted by Gasteiger charge is -2.41. The van der Waals surface area contributed by atoms with Gasteiger partial charge in [0.15, 0.2) is 14.0 Å². The molecule has 1 fully saturated rings. The molecule has 4 atom stereocenters. The van der Waals surface area contributed by atoms with E-state index in [4.69, 9.17) is 9.16 Å². The monoisotopic (exact) mass is 487 g/mol. The van der Waals surface area contributed by atoms with Gasteiger partial charge in [-0.3, -0.25) is 0 Å². The first-order valence-corrected chi connectivity index (χ1v) is 15.8. The third-order valence-corrected chi connectivity index (χ3v) is 13.3. The van der Waals surface area contributed by atoms with Gasteiger partial charge in [-0.1, -0.05) is 81.4 Å². The average molecular weight is 488 g/mol. The van der Waals surface area contributed by atoms with Crippen LogP contribution in [0.15, 0.2) is 60.7 Å².